The lowest BCUT2D eigenvalue weighted by atomic mass is 10.2. The molecule has 0 atom stereocenters. The lowest BCUT2D eigenvalue weighted by Gasteiger charge is -2.07. The average Bonchev–Trinajstić information content (AvgIpc) is 2.41. The third kappa shape index (κ3) is 3.35. The Morgan fingerprint density at radius 1 is 1.38 bits per heavy atom. The summed E-state index contributed by atoms with van der Waals surface area (Å²) in [5.41, 5.74) is 6.94. The van der Waals surface area contributed by atoms with Crippen molar-refractivity contribution in [1.29, 1.82) is 0 Å². The van der Waals surface area contributed by atoms with Crippen LogP contribution in [0.1, 0.15) is 11.1 Å². The van der Waals surface area contributed by atoms with E-state index < -0.39 is 0 Å². The van der Waals surface area contributed by atoms with Gasteiger partial charge in [-0.2, -0.15) is 9.78 Å². The number of anilines is 1. The van der Waals surface area contributed by atoms with E-state index in [2.05, 4.69) is 5.10 Å². The van der Waals surface area contributed by atoms with Crippen LogP contribution in [0.3, 0.4) is 0 Å². The summed E-state index contributed by atoms with van der Waals surface area (Å²) in [4.78, 5) is 11.8. The molecule has 3 N–H and O–H groups in total. The Hall–Kier alpha value is -2.03. The van der Waals surface area contributed by atoms with E-state index in [1.54, 1.807) is 25.1 Å². The quantitative estimate of drug-likeness (QED) is 0.610. The van der Waals surface area contributed by atoms with E-state index in [9.17, 15) is 9.90 Å². The van der Waals surface area contributed by atoms with Gasteiger partial charge in [-0.25, -0.2) is 0 Å². The third-order valence-electron chi connectivity index (χ3n) is 2.77. The molecule has 0 bridgehead atoms. The monoisotopic (exact) mass is 399 g/mol. The first-order valence-electron chi connectivity index (χ1n) is 6.02. The maximum absolute atomic E-state index is 11.8. The van der Waals surface area contributed by atoms with Crippen molar-refractivity contribution >= 4 is 34.6 Å². The van der Waals surface area contributed by atoms with Crippen molar-refractivity contribution in [3.8, 4) is 11.5 Å². The fraction of sp³-hybridized carbons (Fsp3) is 0.143. The predicted octanol–water partition coefficient (Wildman–Crippen LogP) is 1.94. The van der Waals surface area contributed by atoms with Gasteiger partial charge in [0.25, 0.3) is 5.56 Å². The number of aromatic hydroxyl groups is 1. The second-order valence-electron chi connectivity index (χ2n) is 4.41. The minimum atomic E-state index is -0.302. The number of hydrogen-bond acceptors (Lipinski definition) is 5. The molecule has 0 fully saturated rings. The van der Waals surface area contributed by atoms with E-state index in [1.807, 2.05) is 22.6 Å². The molecular weight excluding hydrogens is 385 g/mol. The number of aryl methyl sites for hydroxylation is 1. The maximum Gasteiger partial charge on any atom is 0.273 e. The molecule has 2 aromatic rings. The van der Waals surface area contributed by atoms with Gasteiger partial charge in [0.15, 0.2) is 11.5 Å². The highest BCUT2D eigenvalue weighted by atomic mass is 127. The Balaban J connectivity index is 2.43. The maximum atomic E-state index is 11.8. The second kappa shape index (κ2) is 6.17. The molecule has 1 heterocycles. The van der Waals surface area contributed by atoms with Gasteiger partial charge in [-0.15, -0.1) is 0 Å². The topological polar surface area (TPSA) is 89.8 Å². The molecule has 2 rings (SSSR count). The van der Waals surface area contributed by atoms with Crippen LogP contribution < -0.4 is 16.0 Å². The zero-order valence-electron chi connectivity index (χ0n) is 11.5. The molecule has 110 valence electrons. The number of benzene rings is 1. The first-order chi connectivity index (χ1) is 9.92. The molecule has 7 heteroatoms. The van der Waals surface area contributed by atoms with E-state index in [-0.39, 0.29) is 17.1 Å². The van der Waals surface area contributed by atoms with Gasteiger partial charge in [-0.1, -0.05) is 0 Å². The summed E-state index contributed by atoms with van der Waals surface area (Å²) in [5, 5.41) is 13.9. The number of methoxy groups -OCH3 is 1. The second-order valence-corrected chi connectivity index (χ2v) is 5.57. The minimum absolute atomic E-state index is 0.0715. The van der Waals surface area contributed by atoms with Gasteiger partial charge in [0.1, 0.15) is 5.82 Å². The van der Waals surface area contributed by atoms with Crippen molar-refractivity contribution in [2.24, 2.45) is 5.10 Å². The molecule has 1 aromatic heterocycles. The summed E-state index contributed by atoms with van der Waals surface area (Å²) in [7, 11) is 1.47. The molecule has 0 aliphatic rings. The third-order valence-corrected chi connectivity index (χ3v) is 3.60. The number of phenolic OH excluding ortho intramolecular Hbond substituents is 1. The fourth-order valence-electron chi connectivity index (χ4n) is 1.79. The van der Waals surface area contributed by atoms with Crippen LogP contribution in [0.15, 0.2) is 34.2 Å². The fourth-order valence-corrected chi connectivity index (χ4v) is 2.42. The Morgan fingerprint density at radius 2 is 2.10 bits per heavy atom. The lowest BCUT2D eigenvalue weighted by molar-refractivity contribution is 0.371. The van der Waals surface area contributed by atoms with Crippen LogP contribution in [0, 0.1) is 10.5 Å². The van der Waals surface area contributed by atoms with Crippen molar-refractivity contribution in [3.63, 3.8) is 0 Å². The zero-order chi connectivity index (χ0) is 15.6. The number of halogens is 1. The zero-order valence-corrected chi connectivity index (χ0v) is 13.7. The highest BCUT2D eigenvalue weighted by Gasteiger charge is 2.07. The van der Waals surface area contributed by atoms with Gasteiger partial charge in [-0.05, 0) is 58.8 Å². The largest absolute Gasteiger partial charge is 0.504 e. The molecule has 0 radical (unpaired) electrons. The number of pyridine rings is 1. The molecular formula is C14H14IN3O3. The van der Waals surface area contributed by atoms with Gasteiger partial charge in [0.05, 0.1) is 16.9 Å². The predicted molar refractivity (Wildman–Crippen MR) is 90.2 cm³/mol. The number of rotatable bonds is 3. The molecule has 0 saturated heterocycles. The van der Waals surface area contributed by atoms with E-state index in [1.165, 1.54) is 19.4 Å². The number of nitrogens with zero attached hydrogens (tertiary/aromatic N) is 2. The molecule has 0 amide bonds. The van der Waals surface area contributed by atoms with Crippen LogP contribution in [0.5, 0.6) is 11.5 Å². The summed E-state index contributed by atoms with van der Waals surface area (Å²) in [6, 6.07) is 6.46. The molecule has 0 spiro atoms. The van der Waals surface area contributed by atoms with E-state index in [0.717, 1.165) is 10.2 Å². The molecule has 1 aromatic carbocycles. The average molecular weight is 399 g/mol. The van der Waals surface area contributed by atoms with Crippen molar-refractivity contribution < 1.29 is 9.84 Å². The van der Waals surface area contributed by atoms with Crippen LogP contribution >= 0.6 is 22.6 Å². The summed E-state index contributed by atoms with van der Waals surface area (Å²) < 4.78 is 6.81. The van der Waals surface area contributed by atoms with Crippen molar-refractivity contribution in [3.05, 3.63) is 49.3 Å². The molecule has 0 aliphatic carbocycles. The van der Waals surface area contributed by atoms with Crippen LogP contribution in [0.2, 0.25) is 0 Å². The smallest absolute Gasteiger partial charge is 0.273 e. The van der Waals surface area contributed by atoms with Crippen molar-refractivity contribution in [2.45, 2.75) is 6.92 Å². The number of nitrogen functional groups attached to an aromatic ring is 1. The SMILES string of the molecule is COc1cc(/C=N/n2c(N)cc(C)cc2=O)cc(I)c1O. The van der Waals surface area contributed by atoms with Crippen LogP contribution in [-0.2, 0) is 0 Å². The first kappa shape index (κ1) is 15.4. The van der Waals surface area contributed by atoms with Gasteiger partial charge >= 0.3 is 0 Å². The molecule has 6 nitrogen and oxygen atoms in total. The Labute approximate surface area is 135 Å². The van der Waals surface area contributed by atoms with Crippen molar-refractivity contribution in [1.82, 2.24) is 4.68 Å². The first-order valence-corrected chi connectivity index (χ1v) is 7.10. The molecule has 0 saturated carbocycles. The number of phenols is 1. The number of aromatic nitrogens is 1. The van der Waals surface area contributed by atoms with Gasteiger partial charge in [0.2, 0.25) is 0 Å². The summed E-state index contributed by atoms with van der Waals surface area (Å²) in [5.74, 6) is 0.673. The summed E-state index contributed by atoms with van der Waals surface area (Å²) in [6.45, 7) is 1.79. The standard InChI is InChI=1S/C14H14IN3O3/c1-8-3-12(16)18(13(19)4-8)17-7-9-5-10(15)14(20)11(6-9)21-2/h3-7,20H,16H2,1-2H3/b17-7+. The minimum Gasteiger partial charge on any atom is -0.504 e. The van der Waals surface area contributed by atoms with Crippen molar-refractivity contribution in [2.75, 3.05) is 12.8 Å². The van der Waals surface area contributed by atoms with Crippen LogP contribution in [0.4, 0.5) is 5.82 Å². The molecule has 0 unspecified atom stereocenters. The summed E-state index contributed by atoms with van der Waals surface area (Å²) in [6.07, 6.45) is 1.48. The van der Waals surface area contributed by atoms with Gasteiger partial charge in [-0.3, -0.25) is 4.79 Å². The highest BCUT2D eigenvalue weighted by Crippen LogP contribution is 2.31. The number of nitrogens with two attached hydrogens (primary N) is 1. The molecule has 0 aliphatic heterocycles. The summed E-state index contributed by atoms with van der Waals surface area (Å²) >= 11 is 1.99. The Kier molecular flexibility index (Phi) is 4.51. The van der Waals surface area contributed by atoms with Crippen LogP contribution in [-0.4, -0.2) is 23.1 Å². The highest BCUT2D eigenvalue weighted by molar-refractivity contribution is 14.1. The van der Waals surface area contributed by atoms with E-state index >= 15 is 0 Å². The number of hydrogen-bond donors (Lipinski definition) is 2. The number of ether oxygens (including phenoxy) is 1. The van der Waals surface area contributed by atoms with Gasteiger partial charge < -0.3 is 15.6 Å². The normalized spacial score (nSPS) is 11.0. The molecule has 21 heavy (non-hydrogen) atoms. The van der Waals surface area contributed by atoms with E-state index in [4.69, 9.17) is 10.5 Å². The lowest BCUT2D eigenvalue weighted by Crippen LogP contribution is -2.19. The Morgan fingerprint density at radius 3 is 2.71 bits per heavy atom. The Bertz CT molecular complexity index is 769. The van der Waals surface area contributed by atoms with E-state index in [0.29, 0.717) is 14.9 Å². The van der Waals surface area contributed by atoms with Crippen LogP contribution in [0.25, 0.3) is 0 Å². The van der Waals surface area contributed by atoms with Gasteiger partial charge in [0, 0.05) is 6.07 Å².